The number of ether oxygens (including phenoxy) is 1. The molecule has 0 radical (unpaired) electrons. The second kappa shape index (κ2) is 6.37. The van der Waals surface area contributed by atoms with Gasteiger partial charge in [-0.25, -0.2) is 4.79 Å². The summed E-state index contributed by atoms with van der Waals surface area (Å²) in [5, 5.41) is 3.02. The van der Waals surface area contributed by atoms with Gasteiger partial charge in [0.05, 0.1) is 6.10 Å². The van der Waals surface area contributed by atoms with Crippen molar-refractivity contribution >= 4 is 6.03 Å². The van der Waals surface area contributed by atoms with Gasteiger partial charge in [-0.3, -0.25) is 0 Å². The Hall–Kier alpha value is -1.71. The average molecular weight is 288 g/mol. The Morgan fingerprint density at radius 1 is 1.33 bits per heavy atom. The molecule has 1 saturated carbocycles. The molecule has 2 amide bonds. The molecule has 0 aromatic heterocycles. The molecule has 1 atom stereocenters. The number of amides is 2. The van der Waals surface area contributed by atoms with Crippen LogP contribution in [-0.2, 0) is 6.54 Å². The zero-order valence-electron chi connectivity index (χ0n) is 12.7. The van der Waals surface area contributed by atoms with Crippen molar-refractivity contribution in [3.8, 4) is 5.75 Å². The number of nitrogens with zero attached hydrogens (tertiary/aromatic N) is 1. The van der Waals surface area contributed by atoms with Gasteiger partial charge >= 0.3 is 6.03 Å². The van der Waals surface area contributed by atoms with E-state index in [0.29, 0.717) is 18.6 Å². The Balaban J connectivity index is 1.55. The monoisotopic (exact) mass is 288 g/mol. The van der Waals surface area contributed by atoms with Gasteiger partial charge in [0.15, 0.2) is 0 Å². The fourth-order valence-corrected chi connectivity index (χ4v) is 2.84. The predicted octanol–water partition coefficient (Wildman–Crippen LogP) is 3.17. The van der Waals surface area contributed by atoms with Crippen LogP contribution in [-0.4, -0.2) is 30.1 Å². The van der Waals surface area contributed by atoms with Crippen LogP contribution in [0.15, 0.2) is 24.3 Å². The van der Waals surface area contributed by atoms with E-state index in [2.05, 4.69) is 12.2 Å². The molecule has 4 heteroatoms. The molecule has 1 saturated heterocycles. The lowest BCUT2D eigenvalue weighted by Crippen LogP contribution is -2.38. The van der Waals surface area contributed by atoms with Gasteiger partial charge in [0.1, 0.15) is 5.75 Å². The lowest BCUT2D eigenvalue weighted by atomic mass is 9.96. The minimum Gasteiger partial charge on any atom is -0.490 e. The van der Waals surface area contributed by atoms with Crippen molar-refractivity contribution < 1.29 is 9.53 Å². The first kappa shape index (κ1) is 14.2. The van der Waals surface area contributed by atoms with Crippen LogP contribution in [0.5, 0.6) is 5.75 Å². The maximum Gasteiger partial charge on any atom is 0.317 e. The topological polar surface area (TPSA) is 41.6 Å². The van der Waals surface area contributed by atoms with Gasteiger partial charge in [-0.05, 0) is 37.7 Å². The van der Waals surface area contributed by atoms with E-state index in [1.54, 1.807) is 0 Å². The molecule has 3 rings (SSSR count). The number of hydrogen-bond acceptors (Lipinski definition) is 2. The third-order valence-electron chi connectivity index (χ3n) is 4.46. The standard InChI is InChI=1S/C17H24N2O2/c1-13-9-10-19(12-13)17(20)18-11-14-5-2-3-8-16(14)21-15-6-4-7-15/h2-3,5,8,13,15H,4,6-7,9-12H2,1H3,(H,18,20). The smallest absolute Gasteiger partial charge is 0.317 e. The maximum atomic E-state index is 12.1. The van der Waals surface area contributed by atoms with Gasteiger partial charge < -0.3 is 15.0 Å². The van der Waals surface area contributed by atoms with Crippen LogP contribution in [0.1, 0.15) is 38.2 Å². The van der Waals surface area contributed by atoms with E-state index < -0.39 is 0 Å². The first-order valence-electron chi connectivity index (χ1n) is 7.99. The van der Waals surface area contributed by atoms with Crippen molar-refractivity contribution in [2.75, 3.05) is 13.1 Å². The van der Waals surface area contributed by atoms with E-state index in [1.165, 1.54) is 6.42 Å². The minimum absolute atomic E-state index is 0.0396. The van der Waals surface area contributed by atoms with E-state index >= 15 is 0 Å². The molecule has 2 fully saturated rings. The van der Waals surface area contributed by atoms with Crippen LogP contribution >= 0.6 is 0 Å². The first-order chi connectivity index (χ1) is 10.2. The average Bonchev–Trinajstić information content (AvgIpc) is 2.88. The number of nitrogens with one attached hydrogen (secondary N) is 1. The second-order valence-electron chi connectivity index (χ2n) is 6.28. The summed E-state index contributed by atoms with van der Waals surface area (Å²) in [6, 6.07) is 8.05. The first-order valence-corrected chi connectivity index (χ1v) is 7.99. The van der Waals surface area contributed by atoms with Crippen molar-refractivity contribution in [2.45, 2.75) is 45.3 Å². The Morgan fingerprint density at radius 2 is 2.14 bits per heavy atom. The van der Waals surface area contributed by atoms with Crippen molar-refractivity contribution in [2.24, 2.45) is 5.92 Å². The number of urea groups is 1. The number of benzene rings is 1. The van der Waals surface area contributed by atoms with Gasteiger partial charge in [0.2, 0.25) is 0 Å². The highest BCUT2D eigenvalue weighted by atomic mass is 16.5. The van der Waals surface area contributed by atoms with E-state index in [9.17, 15) is 4.79 Å². The molecule has 0 spiro atoms. The molecule has 114 valence electrons. The number of para-hydroxylation sites is 1. The minimum atomic E-state index is 0.0396. The van der Waals surface area contributed by atoms with Crippen LogP contribution < -0.4 is 10.1 Å². The lowest BCUT2D eigenvalue weighted by molar-refractivity contribution is 0.119. The Morgan fingerprint density at radius 3 is 2.81 bits per heavy atom. The second-order valence-corrected chi connectivity index (χ2v) is 6.28. The molecule has 1 aromatic carbocycles. The summed E-state index contributed by atoms with van der Waals surface area (Å²) in [6.45, 7) is 4.46. The molecule has 21 heavy (non-hydrogen) atoms. The van der Waals surface area contributed by atoms with Gasteiger partial charge in [-0.15, -0.1) is 0 Å². The third-order valence-corrected chi connectivity index (χ3v) is 4.46. The summed E-state index contributed by atoms with van der Waals surface area (Å²) in [5.41, 5.74) is 1.06. The molecular weight excluding hydrogens is 264 g/mol. The summed E-state index contributed by atoms with van der Waals surface area (Å²) in [5.74, 6) is 1.53. The molecule has 0 bridgehead atoms. The van der Waals surface area contributed by atoms with Gasteiger partial charge in [-0.1, -0.05) is 25.1 Å². The summed E-state index contributed by atoms with van der Waals surface area (Å²) in [6.07, 6.45) is 5.02. The van der Waals surface area contributed by atoms with Crippen LogP contribution in [0.3, 0.4) is 0 Å². The summed E-state index contributed by atoms with van der Waals surface area (Å²) in [7, 11) is 0. The number of carbonyl (C=O) groups excluding carboxylic acids is 1. The molecule has 1 unspecified atom stereocenters. The zero-order valence-corrected chi connectivity index (χ0v) is 12.7. The highest BCUT2D eigenvalue weighted by Gasteiger charge is 2.23. The van der Waals surface area contributed by atoms with Crippen LogP contribution in [0, 0.1) is 5.92 Å². The van der Waals surface area contributed by atoms with Gasteiger partial charge in [0, 0.05) is 25.2 Å². The van der Waals surface area contributed by atoms with Crippen LogP contribution in [0.25, 0.3) is 0 Å². The summed E-state index contributed by atoms with van der Waals surface area (Å²) in [4.78, 5) is 14.0. The van der Waals surface area contributed by atoms with Crippen molar-refractivity contribution in [3.63, 3.8) is 0 Å². The zero-order chi connectivity index (χ0) is 14.7. The van der Waals surface area contributed by atoms with Gasteiger partial charge in [-0.2, -0.15) is 0 Å². The molecule has 2 aliphatic rings. The lowest BCUT2D eigenvalue weighted by Gasteiger charge is -2.27. The van der Waals surface area contributed by atoms with Crippen molar-refractivity contribution in [1.82, 2.24) is 10.2 Å². The third kappa shape index (κ3) is 3.49. The highest BCUT2D eigenvalue weighted by molar-refractivity contribution is 5.74. The molecule has 4 nitrogen and oxygen atoms in total. The quantitative estimate of drug-likeness (QED) is 0.924. The van der Waals surface area contributed by atoms with Crippen molar-refractivity contribution in [1.29, 1.82) is 0 Å². The highest BCUT2D eigenvalue weighted by Crippen LogP contribution is 2.27. The molecular formula is C17H24N2O2. The fourth-order valence-electron chi connectivity index (χ4n) is 2.84. The number of rotatable bonds is 4. The van der Waals surface area contributed by atoms with Crippen molar-refractivity contribution in [3.05, 3.63) is 29.8 Å². The van der Waals surface area contributed by atoms with Gasteiger partial charge in [0.25, 0.3) is 0 Å². The van der Waals surface area contributed by atoms with E-state index in [0.717, 1.165) is 43.7 Å². The molecule has 1 aliphatic carbocycles. The molecule has 1 aromatic rings. The number of likely N-dealkylation sites (tertiary alicyclic amines) is 1. The van der Waals surface area contributed by atoms with E-state index in [4.69, 9.17) is 4.74 Å². The number of hydrogen-bond donors (Lipinski definition) is 1. The Bertz CT molecular complexity index is 499. The van der Waals surface area contributed by atoms with Crippen LogP contribution in [0.2, 0.25) is 0 Å². The molecule has 1 heterocycles. The largest absolute Gasteiger partial charge is 0.490 e. The molecule has 1 aliphatic heterocycles. The fraction of sp³-hybridized carbons (Fsp3) is 0.588. The SMILES string of the molecule is CC1CCN(C(=O)NCc2ccccc2OC2CCC2)C1. The Kier molecular flexibility index (Phi) is 4.32. The maximum absolute atomic E-state index is 12.1. The Labute approximate surface area is 126 Å². The number of carbonyl (C=O) groups is 1. The van der Waals surface area contributed by atoms with E-state index in [1.807, 2.05) is 29.2 Å². The molecule has 1 N–H and O–H groups in total. The summed E-state index contributed by atoms with van der Waals surface area (Å²) < 4.78 is 5.99. The predicted molar refractivity (Wildman–Crippen MR) is 82.3 cm³/mol. The normalized spacial score (nSPS) is 22.0. The van der Waals surface area contributed by atoms with Crippen LogP contribution in [0.4, 0.5) is 4.79 Å². The summed E-state index contributed by atoms with van der Waals surface area (Å²) >= 11 is 0. The van der Waals surface area contributed by atoms with E-state index in [-0.39, 0.29) is 6.03 Å².